The number of rotatable bonds is 7. The molecule has 140 valence electrons. The van der Waals surface area contributed by atoms with Crippen molar-refractivity contribution in [3.8, 4) is 5.75 Å². The van der Waals surface area contributed by atoms with E-state index in [0.29, 0.717) is 17.6 Å². The lowest BCUT2D eigenvalue weighted by atomic mass is 9.87. The lowest BCUT2D eigenvalue weighted by molar-refractivity contribution is -0.139. The monoisotopic (exact) mass is 354 g/mol. The van der Waals surface area contributed by atoms with Crippen LogP contribution >= 0.6 is 0 Å². The highest BCUT2D eigenvalue weighted by Crippen LogP contribution is 2.29. The van der Waals surface area contributed by atoms with Gasteiger partial charge in [0, 0.05) is 0 Å². The van der Waals surface area contributed by atoms with Crippen LogP contribution in [-0.4, -0.2) is 17.7 Å². The molecule has 0 aliphatic carbocycles. The third-order valence-corrected chi connectivity index (χ3v) is 4.81. The molecule has 0 heterocycles. The van der Waals surface area contributed by atoms with Gasteiger partial charge in [-0.05, 0) is 77.6 Å². The number of benzene rings is 2. The summed E-state index contributed by atoms with van der Waals surface area (Å²) in [7, 11) is 0. The third-order valence-electron chi connectivity index (χ3n) is 4.81. The van der Waals surface area contributed by atoms with Gasteiger partial charge in [-0.3, -0.25) is 0 Å². The highest BCUT2D eigenvalue weighted by atomic mass is 16.5. The smallest absolute Gasteiger partial charge is 0.341 e. The third kappa shape index (κ3) is 4.87. The molecule has 0 aromatic heterocycles. The number of carboxylic acid groups (broad SMARTS) is 1. The largest absolute Gasteiger partial charge is 0.482 e. The first-order chi connectivity index (χ1) is 12.2. The van der Waals surface area contributed by atoms with E-state index < -0.39 is 5.97 Å². The highest BCUT2D eigenvalue weighted by molar-refractivity contribution is 5.68. The van der Waals surface area contributed by atoms with Crippen LogP contribution in [0.4, 0.5) is 0 Å². The van der Waals surface area contributed by atoms with Crippen molar-refractivity contribution in [1.29, 1.82) is 0 Å². The fourth-order valence-electron chi connectivity index (χ4n) is 3.43. The van der Waals surface area contributed by atoms with E-state index >= 15 is 0 Å². The molecule has 3 heteroatoms. The number of aliphatic carboxylic acids is 1. The van der Waals surface area contributed by atoms with E-state index in [1.807, 2.05) is 12.1 Å². The molecule has 3 nitrogen and oxygen atoms in total. The molecule has 0 unspecified atom stereocenters. The standard InChI is InChI=1S/C23H30O3/c1-14(2)20-8-7-18(11-21(20)15(3)4)12-22-16(5)9-19(10-17(22)6)26-13-23(24)25/h7-11,14-15H,12-13H2,1-6H3,(H,24,25). The van der Waals surface area contributed by atoms with E-state index in [1.54, 1.807) is 0 Å². The lowest BCUT2D eigenvalue weighted by Gasteiger charge is -2.19. The van der Waals surface area contributed by atoms with E-state index in [-0.39, 0.29) is 6.61 Å². The Morgan fingerprint density at radius 1 is 0.962 bits per heavy atom. The fraction of sp³-hybridized carbons (Fsp3) is 0.435. The molecule has 0 atom stereocenters. The average Bonchev–Trinajstić information content (AvgIpc) is 2.55. The normalized spacial score (nSPS) is 11.2. The van der Waals surface area contributed by atoms with Crippen LogP contribution in [0.3, 0.4) is 0 Å². The predicted molar refractivity (Wildman–Crippen MR) is 106 cm³/mol. The van der Waals surface area contributed by atoms with E-state index in [9.17, 15) is 4.79 Å². The quantitative estimate of drug-likeness (QED) is 0.703. The first-order valence-corrected chi connectivity index (χ1v) is 9.26. The zero-order valence-electron chi connectivity index (χ0n) is 16.7. The van der Waals surface area contributed by atoms with Crippen LogP contribution in [0.5, 0.6) is 5.75 Å². The van der Waals surface area contributed by atoms with Crippen molar-refractivity contribution in [2.24, 2.45) is 0 Å². The zero-order chi connectivity index (χ0) is 19.4. The Morgan fingerprint density at radius 2 is 1.54 bits per heavy atom. The van der Waals surface area contributed by atoms with Gasteiger partial charge in [0.05, 0.1) is 0 Å². The minimum Gasteiger partial charge on any atom is -0.482 e. The predicted octanol–water partition coefficient (Wildman–Crippen LogP) is 5.60. The molecule has 0 saturated heterocycles. The maximum atomic E-state index is 10.7. The van der Waals surface area contributed by atoms with Gasteiger partial charge in [0.1, 0.15) is 5.75 Å². The van der Waals surface area contributed by atoms with Gasteiger partial charge in [0.2, 0.25) is 0 Å². The Hall–Kier alpha value is -2.29. The first-order valence-electron chi connectivity index (χ1n) is 9.26. The number of hydrogen-bond acceptors (Lipinski definition) is 2. The maximum absolute atomic E-state index is 10.7. The maximum Gasteiger partial charge on any atom is 0.341 e. The Labute approximate surface area is 157 Å². The van der Waals surface area contributed by atoms with Crippen molar-refractivity contribution in [2.45, 2.75) is 59.8 Å². The van der Waals surface area contributed by atoms with Gasteiger partial charge in [-0.25, -0.2) is 4.79 Å². The van der Waals surface area contributed by atoms with Crippen molar-refractivity contribution < 1.29 is 14.6 Å². The number of carboxylic acids is 1. The fourth-order valence-corrected chi connectivity index (χ4v) is 3.43. The first kappa shape index (κ1) is 20.0. The average molecular weight is 354 g/mol. The molecule has 0 bridgehead atoms. The number of hydrogen-bond donors (Lipinski definition) is 1. The molecule has 0 fully saturated rings. The van der Waals surface area contributed by atoms with Gasteiger partial charge < -0.3 is 9.84 Å². The molecule has 26 heavy (non-hydrogen) atoms. The van der Waals surface area contributed by atoms with Crippen LogP contribution in [0.2, 0.25) is 0 Å². The summed E-state index contributed by atoms with van der Waals surface area (Å²) in [5.74, 6) is 0.678. The van der Waals surface area contributed by atoms with Crippen LogP contribution in [0, 0.1) is 13.8 Å². The van der Waals surface area contributed by atoms with Gasteiger partial charge in [-0.2, -0.15) is 0 Å². The van der Waals surface area contributed by atoms with Gasteiger partial charge in [0.15, 0.2) is 6.61 Å². The van der Waals surface area contributed by atoms with Gasteiger partial charge in [0.25, 0.3) is 0 Å². The molecule has 1 N–H and O–H groups in total. The SMILES string of the molecule is Cc1cc(OCC(=O)O)cc(C)c1Cc1ccc(C(C)C)c(C(C)C)c1. The van der Waals surface area contributed by atoms with Crippen LogP contribution in [0.15, 0.2) is 30.3 Å². The van der Waals surface area contributed by atoms with E-state index in [4.69, 9.17) is 9.84 Å². The van der Waals surface area contributed by atoms with Crippen molar-refractivity contribution in [1.82, 2.24) is 0 Å². The Morgan fingerprint density at radius 3 is 2.04 bits per heavy atom. The second-order valence-electron chi connectivity index (χ2n) is 7.67. The molecule has 0 amide bonds. The summed E-state index contributed by atoms with van der Waals surface area (Å²) in [5, 5.41) is 8.77. The topological polar surface area (TPSA) is 46.5 Å². The van der Waals surface area contributed by atoms with Gasteiger partial charge in [-0.1, -0.05) is 45.9 Å². The van der Waals surface area contributed by atoms with Crippen molar-refractivity contribution >= 4 is 5.97 Å². The molecule has 0 aliphatic heterocycles. The Kier molecular flexibility index (Phi) is 6.47. The van der Waals surface area contributed by atoms with Gasteiger partial charge >= 0.3 is 5.97 Å². The summed E-state index contributed by atoms with van der Waals surface area (Å²) in [6.07, 6.45) is 0.870. The highest BCUT2D eigenvalue weighted by Gasteiger charge is 2.13. The zero-order valence-corrected chi connectivity index (χ0v) is 16.7. The molecule has 2 rings (SSSR count). The summed E-state index contributed by atoms with van der Waals surface area (Å²) in [6, 6.07) is 10.7. The second kappa shape index (κ2) is 8.39. The summed E-state index contributed by atoms with van der Waals surface area (Å²) in [6.45, 7) is 12.8. The lowest BCUT2D eigenvalue weighted by Crippen LogP contribution is -2.10. The number of aryl methyl sites for hydroxylation is 2. The van der Waals surface area contributed by atoms with E-state index in [1.165, 1.54) is 22.3 Å². The van der Waals surface area contributed by atoms with Crippen molar-refractivity contribution in [3.63, 3.8) is 0 Å². The van der Waals surface area contributed by atoms with Crippen LogP contribution in [0.1, 0.15) is 72.9 Å². The van der Waals surface area contributed by atoms with Crippen LogP contribution in [-0.2, 0) is 11.2 Å². The second-order valence-corrected chi connectivity index (χ2v) is 7.67. The summed E-state index contributed by atoms with van der Waals surface area (Å²) < 4.78 is 5.33. The molecular formula is C23H30O3. The minimum absolute atomic E-state index is 0.313. The number of carbonyl (C=O) groups is 1. The molecule has 0 radical (unpaired) electrons. The Balaban J connectivity index is 2.30. The Bertz CT molecular complexity index is 765. The van der Waals surface area contributed by atoms with Gasteiger partial charge in [-0.15, -0.1) is 0 Å². The number of ether oxygens (including phenoxy) is 1. The summed E-state index contributed by atoms with van der Waals surface area (Å²) in [4.78, 5) is 10.7. The minimum atomic E-state index is -0.962. The van der Waals surface area contributed by atoms with Crippen LogP contribution in [0.25, 0.3) is 0 Å². The van der Waals surface area contributed by atoms with E-state index in [2.05, 4.69) is 59.7 Å². The molecule has 0 spiro atoms. The van der Waals surface area contributed by atoms with Crippen LogP contribution < -0.4 is 4.74 Å². The molecular weight excluding hydrogens is 324 g/mol. The van der Waals surface area contributed by atoms with Crippen molar-refractivity contribution in [3.05, 3.63) is 63.7 Å². The molecule has 0 saturated carbocycles. The molecule has 2 aromatic rings. The molecule has 0 aliphatic rings. The van der Waals surface area contributed by atoms with E-state index in [0.717, 1.165) is 17.5 Å². The summed E-state index contributed by atoms with van der Waals surface area (Å²) in [5.41, 5.74) is 7.70. The molecule has 2 aromatic carbocycles. The summed E-state index contributed by atoms with van der Waals surface area (Å²) >= 11 is 0. The van der Waals surface area contributed by atoms with Crippen molar-refractivity contribution in [2.75, 3.05) is 6.61 Å².